The van der Waals surface area contributed by atoms with Gasteiger partial charge < -0.3 is 15.7 Å². The quantitative estimate of drug-likeness (QED) is 0.795. The summed E-state index contributed by atoms with van der Waals surface area (Å²) < 4.78 is 0. The standard InChI is InChI=1S/C14H26N2O3/c1-4-6-14(12(18)19)7-5-8-16(10-14)11(17)9-13(2,3)15/h4-10,15H2,1-3H3,(H,18,19). The molecule has 1 amide bonds. The van der Waals surface area contributed by atoms with Crippen molar-refractivity contribution in [2.45, 2.75) is 58.4 Å². The van der Waals surface area contributed by atoms with Gasteiger partial charge >= 0.3 is 5.97 Å². The molecule has 5 heteroatoms. The molecule has 0 aromatic carbocycles. The van der Waals surface area contributed by atoms with E-state index < -0.39 is 16.9 Å². The average molecular weight is 270 g/mol. The van der Waals surface area contributed by atoms with Crippen molar-refractivity contribution in [3.8, 4) is 0 Å². The summed E-state index contributed by atoms with van der Waals surface area (Å²) in [6.07, 6.45) is 3.11. The summed E-state index contributed by atoms with van der Waals surface area (Å²) in [5.41, 5.74) is 4.55. The number of carbonyl (C=O) groups is 2. The zero-order valence-electron chi connectivity index (χ0n) is 12.2. The number of aliphatic carboxylic acids is 1. The Morgan fingerprint density at radius 3 is 2.53 bits per heavy atom. The van der Waals surface area contributed by atoms with Crippen LogP contribution in [0.4, 0.5) is 0 Å². The number of likely N-dealkylation sites (tertiary alicyclic amines) is 1. The molecule has 5 nitrogen and oxygen atoms in total. The van der Waals surface area contributed by atoms with E-state index in [1.807, 2.05) is 20.8 Å². The topological polar surface area (TPSA) is 83.6 Å². The molecule has 1 rings (SSSR count). The molecule has 1 unspecified atom stereocenters. The van der Waals surface area contributed by atoms with Crippen molar-refractivity contribution in [3.05, 3.63) is 0 Å². The van der Waals surface area contributed by atoms with Crippen LogP contribution in [0, 0.1) is 5.41 Å². The van der Waals surface area contributed by atoms with Crippen molar-refractivity contribution in [1.82, 2.24) is 4.90 Å². The van der Waals surface area contributed by atoms with Gasteiger partial charge in [0.2, 0.25) is 5.91 Å². The molecule has 1 saturated heterocycles. The molecule has 1 fully saturated rings. The highest BCUT2D eigenvalue weighted by Gasteiger charge is 2.43. The second-order valence-corrected chi connectivity index (χ2v) is 6.42. The van der Waals surface area contributed by atoms with Crippen molar-refractivity contribution in [2.24, 2.45) is 11.1 Å². The molecule has 0 aromatic rings. The van der Waals surface area contributed by atoms with E-state index in [9.17, 15) is 14.7 Å². The lowest BCUT2D eigenvalue weighted by Gasteiger charge is -2.40. The summed E-state index contributed by atoms with van der Waals surface area (Å²) in [5.74, 6) is -0.812. The fourth-order valence-electron chi connectivity index (χ4n) is 2.81. The van der Waals surface area contributed by atoms with Crippen LogP contribution in [0.15, 0.2) is 0 Å². The van der Waals surface area contributed by atoms with Gasteiger partial charge in [0, 0.05) is 25.0 Å². The number of nitrogens with zero attached hydrogens (tertiary/aromatic N) is 1. The van der Waals surface area contributed by atoms with E-state index in [1.165, 1.54) is 0 Å². The van der Waals surface area contributed by atoms with Crippen LogP contribution in [0.5, 0.6) is 0 Å². The summed E-state index contributed by atoms with van der Waals surface area (Å²) in [4.78, 5) is 25.4. The lowest BCUT2D eigenvalue weighted by molar-refractivity contribution is -0.155. The lowest BCUT2D eigenvalue weighted by Crippen LogP contribution is -2.51. The van der Waals surface area contributed by atoms with Gasteiger partial charge in [0.15, 0.2) is 0 Å². The van der Waals surface area contributed by atoms with E-state index in [2.05, 4.69) is 0 Å². The molecule has 0 bridgehead atoms. The van der Waals surface area contributed by atoms with Crippen molar-refractivity contribution in [2.75, 3.05) is 13.1 Å². The smallest absolute Gasteiger partial charge is 0.311 e. The molecule has 0 saturated carbocycles. The Balaban J connectivity index is 2.77. The monoisotopic (exact) mass is 270 g/mol. The maximum absolute atomic E-state index is 12.2. The third-order valence-corrected chi connectivity index (χ3v) is 3.72. The summed E-state index contributed by atoms with van der Waals surface area (Å²) >= 11 is 0. The Bertz CT molecular complexity index is 345. The molecular formula is C14H26N2O3. The molecule has 3 N–H and O–H groups in total. The van der Waals surface area contributed by atoms with Crippen LogP contribution >= 0.6 is 0 Å². The minimum absolute atomic E-state index is 0.0334. The van der Waals surface area contributed by atoms with Crippen LogP contribution in [0.25, 0.3) is 0 Å². The minimum Gasteiger partial charge on any atom is -0.481 e. The van der Waals surface area contributed by atoms with E-state index >= 15 is 0 Å². The van der Waals surface area contributed by atoms with E-state index in [0.717, 1.165) is 12.8 Å². The normalized spacial score (nSPS) is 24.3. The molecular weight excluding hydrogens is 244 g/mol. The van der Waals surface area contributed by atoms with E-state index in [-0.39, 0.29) is 12.3 Å². The van der Waals surface area contributed by atoms with E-state index in [1.54, 1.807) is 4.90 Å². The minimum atomic E-state index is -0.779. The van der Waals surface area contributed by atoms with Gasteiger partial charge in [-0.25, -0.2) is 0 Å². The Morgan fingerprint density at radius 2 is 2.05 bits per heavy atom. The predicted molar refractivity (Wildman–Crippen MR) is 73.7 cm³/mol. The summed E-state index contributed by atoms with van der Waals surface area (Å²) in [6.45, 7) is 6.57. The highest BCUT2D eigenvalue weighted by molar-refractivity contribution is 5.80. The van der Waals surface area contributed by atoms with Crippen molar-refractivity contribution < 1.29 is 14.7 Å². The zero-order valence-corrected chi connectivity index (χ0v) is 12.2. The van der Waals surface area contributed by atoms with Gasteiger partial charge in [-0.2, -0.15) is 0 Å². The highest BCUT2D eigenvalue weighted by Crippen LogP contribution is 2.35. The van der Waals surface area contributed by atoms with Crippen LogP contribution in [-0.4, -0.2) is 40.5 Å². The molecule has 1 aliphatic rings. The number of nitrogens with two attached hydrogens (primary N) is 1. The lowest BCUT2D eigenvalue weighted by atomic mass is 9.76. The molecule has 1 heterocycles. The average Bonchev–Trinajstić information content (AvgIpc) is 2.27. The second kappa shape index (κ2) is 5.90. The molecule has 0 radical (unpaired) electrons. The fourth-order valence-corrected chi connectivity index (χ4v) is 2.81. The maximum Gasteiger partial charge on any atom is 0.311 e. The van der Waals surface area contributed by atoms with Crippen molar-refractivity contribution >= 4 is 11.9 Å². The van der Waals surface area contributed by atoms with Crippen LogP contribution in [0.2, 0.25) is 0 Å². The third kappa shape index (κ3) is 4.20. The summed E-state index contributed by atoms with van der Waals surface area (Å²) in [5, 5.41) is 9.49. The van der Waals surface area contributed by atoms with E-state index in [4.69, 9.17) is 5.73 Å². The van der Waals surface area contributed by atoms with Gasteiger partial charge in [0.05, 0.1) is 5.41 Å². The highest BCUT2D eigenvalue weighted by atomic mass is 16.4. The Hall–Kier alpha value is -1.10. The zero-order chi connectivity index (χ0) is 14.7. The van der Waals surface area contributed by atoms with Crippen molar-refractivity contribution in [1.29, 1.82) is 0 Å². The molecule has 0 aromatic heterocycles. The first-order valence-corrected chi connectivity index (χ1v) is 7.00. The number of carbonyl (C=O) groups excluding carboxylic acids is 1. The van der Waals surface area contributed by atoms with Gasteiger partial charge in [-0.3, -0.25) is 9.59 Å². The predicted octanol–water partition coefficient (Wildman–Crippen LogP) is 1.61. The molecule has 19 heavy (non-hydrogen) atoms. The summed E-state index contributed by atoms with van der Waals surface area (Å²) in [7, 11) is 0. The Labute approximate surface area is 115 Å². The molecule has 0 aliphatic carbocycles. The van der Waals surface area contributed by atoms with Gasteiger partial charge in [0.25, 0.3) is 0 Å². The van der Waals surface area contributed by atoms with E-state index in [0.29, 0.717) is 25.9 Å². The number of amides is 1. The number of hydrogen-bond donors (Lipinski definition) is 2. The van der Waals surface area contributed by atoms with Gasteiger partial charge in [0.1, 0.15) is 0 Å². The number of piperidine rings is 1. The number of hydrogen-bond acceptors (Lipinski definition) is 3. The SMILES string of the molecule is CCCC1(C(=O)O)CCCN(C(=O)CC(C)(C)N)C1. The van der Waals surface area contributed by atoms with Crippen molar-refractivity contribution in [3.63, 3.8) is 0 Å². The molecule has 1 atom stereocenters. The molecule has 1 aliphatic heterocycles. The maximum atomic E-state index is 12.2. The van der Waals surface area contributed by atoms with Crippen LogP contribution in [0.3, 0.4) is 0 Å². The molecule has 0 spiro atoms. The van der Waals surface area contributed by atoms with Gasteiger partial charge in [-0.15, -0.1) is 0 Å². The molecule has 110 valence electrons. The number of carboxylic acid groups (broad SMARTS) is 1. The second-order valence-electron chi connectivity index (χ2n) is 6.42. The first kappa shape index (κ1) is 16.0. The first-order valence-electron chi connectivity index (χ1n) is 7.00. The van der Waals surface area contributed by atoms with Crippen LogP contribution < -0.4 is 5.73 Å². The largest absolute Gasteiger partial charge is 0.481 e. The fraction of sp³-hybridized carbons (Fsp3) is 0.857. The van der Waals surface area contributed by atoms with Crippen LogP contribution in [-0.2, 0) is 9.59 Å². The number of rotatable bonds is 5. The Morgan fingerprint density at radius 1 is 1.42 bits per heavy atom. The number of carboxylic acids is 1. The van der Waals surface area contributed by atoms with Crippen LogP contribution in [0.1, 0.15) is 52.9 Å². The third-order valence-electron chi connectivity index (χ3n) is 3.72. The van der Waals surface area contributed by atoms with Gasteiger partial charge in [-0.05, 0) is 33.1 Å². The summed E-state index contributed by atoms with van der Waals surface area (Å²) in [6, 6.07) is 0. The Kier molecular flexibility index (Phi) is 4.96. The van der Waals surface area contributed by atoms with Gasteiger partial charge in [-0.1, -0.05) is 13.3 Å². The first-order chi connectivity index (χ1) is 8.70.